The summed E-state index contributed by atoms with van der Waals surface area (Å²) in [6, 6.07) is 13.4. The standard InChI is InChI=1S/C23H18Cl2N4O3/c1-2-20(22(30)29-17-8-6-15(24)11-16(17)25)32-23(31)13-5-7-18-19(10-13)28-21(27-18)14-4-3-9-26-12-14/h3-12,20H,2H2,1H3,(H,27,28)(H,29,30). The summed E-state index contributed by atoms with van der Waals surface area (Å²) in [6.45, 7) is 1.75. The summed E-state index contributed by atoms with van der Waals surface area (Å²) >= 11 is 12.0. The number of aromatic nitrogens is 3. The average Bonchev–Trinajstić information content (AvgIpc) is 3.23. The molecule has 1 amide bonds. The first-order chi connectivity index (χ1) is 15.4. The van der Waals surface area contributed by atoms with Crippen molar-refractivity contribution in [3.05, 3.63) is 76.5 Å². The van der Waals surface area contributed by atoms with Crippen LogP contribution in [0.15, 0.2) is 60.9 Å². The third kappa shape index (κ3) is 4.74. The van der Waals surface area contributed by atoms with E-state index >= 15 is 0 Å². The number of hydrogen-bond acceptors (Lipinski definition) is 5. The van der Waals surface area contributed by atoms with E-state index in [1.807, 2.05) is 12.1 Å². The lowest BCUT2D eigenvalue weighted by molar-refractivity contribution is -0.124. The molecular weight excluding hydrogens is 451 g/mol. The summed E-state index contributed by atoms with van der Waals surface area (Å²) in [5.74, 6) is -0.454. The van der Waals surface area contributed by atoms with Gasteiger partial charge in [0.25, 0.3) is 5.91 Å². The minimum absolute atomic E-state index is 0.292. The van der Waals surface area contributed by atoms with Gasteiger partial charge >= 0.3 is 5.97 Å². The lowest BCUT2D eigenvalue weighted by Crippen LogP contribution is -2.32. The molecule has 2 heterocycles. The smallest absolute Gasteiger partial charge is 0.338 e. The van der Waals surface area contributed by atoms with Crippen molar-refractivity contribution in [2.45, 2.75) is 19.4 Å². The van der Waals surface area contributed by atoms with E-state index in [-0.39, 0.29) is 0 Å². The van der Waals surface area contributed by atoms with Crippen molar-refractivity contribution < 1.29 is 14.3 Å². The van der Waals surface area contributed by atoms with Crippen LogP contribution in [0.1, 0.15) is 23.7 Å². The SMILES string of the molecule is CCC(OC(=O)c1ccc2nc(-c3cccnc3)[nH]c2c1)C(=O)Nc1ccc(Cl)cc1Cl. The van der Waals surface area contributed by atoms with Crippen molar-refractivity contribution in [2.24, 2.45) is 0 Å². The molecule has 7 nitrogen and oxygen atoms in total. The van der Waals surface area contributed by atoms with Crippen LogP contribution >= 0.6 is 23.2 Å². The van der Waals surface area contributed by atoms with Crippen LogP contribution in [0.2, 0.25) is 10.0 Å². The van der Waals surface area contributed by atoms with Gasteiger partial charge < -0.3 is 15.0 Å². The van der Waals surface area contributed by atoms with Crippen molar-refractivity contribution in [2.75, 3.05) is 5.32 Å². The third-order valence-electron chi connectivity index (χ3n) is 4.75. The second-order valence-electron chi connectivity index (χ2n) is 6.97. The number of halogens is 2. The van der Waals surface area contributed by atoms with E-state index in [9.17, 15) is 9.59 Å². The summed E-state index contributed by atoms with van der Waals surface area (Å²) < 4.78 is 5.46. The number of nitrogens with zero attached hydrogens (tertiary/aromatic N) is 2. The Morgan fingerprint density at radius 3 is 2.72 bits per heavy atom. The Labute approximate surface area is 193 Å². The number of carbonyl (C=O) groups excluding carboxylic acids is 2. The number of anilines is 1. The number of rotatable bonds is 6. The molecule has 1 unspecified atom stereocenters. The zero-order valence-electron chi connectivity index (χ0n) is 16.9. The monoisotopic (exact) mass is 468 g/mol. The maximum absolute atomic E-state index is 12.7. The van der Waals surface area contributed by atoms with Gasteiger partial charge in [0, 0.05) is 23.0 Å². The highest BCUT2D eigenvalue weighted by molar-refractivity contribution is 6.36. The molecule has 0 radical (unpaired) electrons. The fourth-order valence-corrected chi connectivity index (χ4v) is 3.56. The van der Waals surface area contributed by atoms with Crippen molar-refractivity contribution in [1.82, 2.24) is 15.0 Å². The van der Waals surface area contributed by atoms with Gasteiger partial charge in [0.05, 0.1) is 27.3 Å². The first-order valence-electron chi connectivity index (χ1n) is 9.81. The number of ether oxygens (including phenoxy) is 1. The molecule has 2 aromatic heterocycles. The first kappa shape index (κ1) is 21.8. The Balaban J connectivity index is 1.49. The van der Waals surface area contributed by atoms with E-state index in [1.165, 1.54) is 6.07 Å². The van der Waals surface area contributed by atoms with Crippen molar-refractivity contribution in [3.8, 4) is 11.4 Å². The number of hydrogen-bond donors (Lipinski definition) is 2. The molecule has 162 valence electrons. The molecular formula is C23H18Cl2N4O3. The van der Waals surface area contributed by atoms with Gasteiger partial charge in [0.1, 0.15) is 5.82 Å². The van der Waals surface area contributed by atoms with Gasteiger partial charge in [0.15, 0.2) is 6.10 Å². The van der Waals surface area contributed by atoms with E-state index in [0.29, 0.717) is 44.6 Å². The van der Waals surface area contributed by atoms with Crippen molar-refractivity contribution in [1.29, 1.82) is 0 Å². The Morgan fingerprint density at radius 1 is 1.16 bits per heavy atom. The fraction of sp³-hybridized carbons (Fsp3) is 0.130. The van der Waals surface area contributed by atoms with Crippen LogP contribution in [0.25, 0.3) is 22.4 Å². The zero-order chi connectivity index (χ0) is 22.7. The molecule has 0 aliphatic carbocycles. The number of aromatic amines is 1. The number of fused-ring (bicyclic) bond motifs is 1. The highest BCUT2D eigenvalue weighted by Gasteiger charge is 2.23. The van der Waals surface area contributed by atoms with Gasteiger partial charge in [-0.1, -0.05) is 30.1 Å². The molecule has 32 heavy (non-hydrogen) atoms. The highest BCUT2D eigenvalue weighted by Crippen LogP contribution is 2.26. The van der Waals surface area contributed by atoms with E-state index in [1.54, 1.807) is 49.6 Å². The second kappa shape index (κ2) is 9.38. The number of pyridine rings is 1. The number of carbonyl (C=O) groups is 2. The number of H-pyrrole nitrogens is 1. The lowest BCUT2D eigenvalue weighted by atomic mass is 10.2. The van der Waals surface area contributed by atoms with E-state index < -0.39 is 18.0 Å². The van der Waals surface area contributed by atoms with Gasteiger partial charge in [-0.3, -0.25) is 9.78 Å². The van der Waals surface area contributed by atoms with Gasteiger partial charge in [-0.05, 0) is 55.0 Å². The molecule has 0 aliphatic heterocycles. The highest BCUT2D eigenvalue weighted by atomic mass is 35.5. The molecule has 9 heteroatoms. The number of nitrogens with one attached hydrogen (secondary N) is 2. The largest absolute Gasteiger partial charge is 0.449 e. The normalized spacial score (nSPS) is 11.8. The number of imidazole rings is 1. The van der Waals surface area contributed by atoms with Crippen LogP contribution < -0.4 is 5.32 Å². The maximum atomic E-state index is 12.7. The predicted octanol–water partition coefficient (Wildman–Crippen LogP) is 5.51. The maximum Gasteiger partial charge on any atom is 0.338 e. The average molecular weight is 469 g/mol. The van der Waals surface area contributed by atoms with Crippen LogP contribution in [0.5, 0.6) is 0 Å². The molecule has 0 bridgehead atoms. The van der Waals surface area contributed by atoms with Gasteiger partial charge in [-0.25, -0.2) is 9.78 Å². The minimum atomic E-state index is -0.988. The number of benzene rings is 2. The van der Waals surface area contributed by atoms with E-state index in [0.717, 1.165) is 5.56 Å². The molecule has 0 saturated heterocycles. The van der Waals surface area contributed by atoms with Crippen LogP contribution in [0.3, 0.4) is 0 Å². The molecule has 2 N–H and O–H groups in total. The molecule has 2 aromatic carbocycles. The van der Waals surface area contributed by atoms with E-state index in [4.69, 9.17) is 27.9 Å². The van der Waals surface area contributed by atoms with Crippen LogP contribution in [-0.2, 0) is 9.53 Å². The second-order valence-corrected chi connectivity index (χ2v) is 7.82. The molecule has 4 rings (SSSR count). The third-order valence-corrected chi connectivity index (χ3v) is 5.30. The van der Waals surface area contributed by atoms with Crippen LogP contribution in [0.4, 0.5) is 5.69 Å². The first-order valence-corrected chi connectivity index (χ1v) is 10.6. The van der Waals surface area contributed by atoms with Gasteiger partial charge in [-0.15, -0.1) is 0 Å². The lowest BCUT2D eigenvalue weighted by Gasteiger charge is -2.16. The fourth-order valence-electron chi connectivity index (χ4n) is 3.10. The molecule has 4 aromatic rings. The molecule has 0 aliphatic rings. The topological polar surface area (TPSA) is 97.0 Å². The molecule has 0 fully saturated rings. The molecule has 0 saturated carbocycles. The number of amides is 1. The van der Waals surface area contributed by atoms with Gasteiger partial charge in [0.2, 0.25) is 0 Å². The summed E-state index contributed by atoms with van der Waals surface area (Å²) in [7, 11) is 0. The Hall–Kier alpha value is -3.42. The van der Waals surface area contributed by atoms with Crippen LogP contribution in [0, 0.1) is 0 Å². The van der Waals surface area contributed by atoms with Crippen LogP contribution in [-0.4, -0.2) is 32.9 Å². The Morgan fingerprint density at radius 2 is 2.00 bits per heavy atom. The predicted molar refractivity (Wildman–Crippen MR) is 124 cm³/mol. The molecule has 1 atom stereocenters. The molecule has 0 spiro atoms. The Bertz CT molecular complexity index is 1290. The number of esters is 1. The summed E-state index contributed by atoms with van der Waals surface area (Å²) in [5, 5.41) is 3.41. The minimum Gasteiger partial charge on any atom is -0.449 e. The van der Waals surface area contributed by atoms with Crippen molar-refractivity contribution >= 4 is 51.8 Å². The summed E-state index contributed by atoms with van der Waals surface area (Å²) in [4.78, 5) is 37.1. The van der Waals surface area contributed by atoms with Crippen molar-refractivity contribution in [3.63, 3.8) is 0 Å². The quantitative estimate of drug-likeness (QED) is 0.363. The summed E-state index contributed by atoms with van der Waals surface area (Å²) in [6.07, 6.45) is 2.68. The zero-order valence-corrected chi connectivity index (χ0v) is 18.4. The van der Waals surface area contributed by atoms with E-state index in [2.05, 4.69) is 20.3 Å². The summed E-state index contributed by atoms with van der Waals surface area (Å²) in [5.41, 5.74) is 2.88. The van der Waals surface area contributed by atoms with Gasteiger partial charge in [-0.2, -0.15) is 0 Å². The Kier molecular flexibility index (Phi) is 6.39.